The fourth-order valence-corrected chi connectivity index (χ4v) is 2.15. The second-order valence-electron chi connectivity index (χ2n) is 4.70. The van der Waals surface area contributed by atoms with Crippen LogP contribution in [0, 0.1) is 0 Å². The number of nitrogens with one attached hydrogen (secondary N) is 1. The molecule has 1 N–H and O–H groups in total. The maximum atomic E-state index is 12.0. The van der Waals surface area contributed by atoms with Gasteiger partial charge in [-0.15, -0.1) is 0 Å². The van der Waals surface area contributed by atoms with Crippen LogP contribution in [-0.2, 0) is 13.1 Å². The Balaban J connectivity index is 1.48. The van der Waals surface area contributed by atoms with Crippen LogP contribution >= 0.6 is 0 Å². The van der Waals surface area contributed by atoms with Crippen molar-refractivity contribution in [2.45, 2.75) is 25.9 Å². The number of nitrogens with zero attached hydrogens (tertiary/aromatic N) is 4. The fourth-order valence-electron chi connectivity index (χ4n) is 2.15. The lowest BCUT2D eigenvalue weighted by Gasteiger charge is -2.13. The van der Waals surface area contributed by atoms with E-state index in [0.29, 0.717) is 24.7 Å². The van der Waals surface area contributed by atoms with Gasteiger partial charge in [-0.25, -0.2) is 9.67 Å². The molecule has 20 heavy (non-hydrogen) atoms. The molecule has 106 valence electrons. The molecule has 0 spiro atoms. The Labute approximate surface area is 116 Å². The molecule has 0 fully saturated rings. The molecule has 1 aliphatic heterocycles. The second-order valence-corrected chi connectivity index (χ2v) is 4.70. The third kappa shape index (κ3) is 2.81. The highest BCUT2D eigenvalue weighted by Gasteiger charge is 2.17. The van der Waals surface area contributed by atoms with Crippen LogP contribution in [0.5, 0.6) is 5.88 Å². The lowest BCUT2D eigenvalue weighted by atomic mass is 10.3. The van der Waals surface area contributed by atoms with Crippen molar-refractivity contribution in [2.75, 3.05) is 13.2 Å². The molecular weight excluding hydrogens is 258 g/mol. The van der Waals surface area contributed by atoms with Crippen molar-refractivity contribution in [3.63, 3.8) is 0 Å². The smallest absolute Gasteiger partial charge is 0.271 e. The minimum absolute atomic E-state index is 0.152. The monoisotopic (exact) mass is 275 g/mol. The predicted octanol–water partition coefficient (Wildman–Crippen LogP) is 0.682. The van der Waals surface area contributed by atoms with E-state index in [1.807, 2.05) is 10.8 Å². The lowest BCUT2D eigenvalue weighted by Crippen LogP contribution is -2.25. The van der Waals surface area contributed by atoms with Gasteiger partial charge in [0.15, 0.2) is 5.69 Å². The Morgan fingerprint density at radius 2 is 2.45 bits per heavy atom. The van der Waals surface area contributed by atoms with Gasteiger partial charge in [-0.05, 0) is 6.42 Å². The summed E-state index contributed by atoms with van der Waals surface area (Å²) in [7, 11) is 0. The molecule has 3 rings (SSSR count). The van der Waals surface area contributed by atoms with E-state index in [4.69, 9.17) is 4.74 Å². The van der Waals surface area contributed by atoms with E-state index in [9.17, 15) is 4.79 Å². The molecule has 0 aromatic carbocycles. The lowest BCUT2D eigenvalue weighted by molar-refractivity contribution is 0.0947. The molecule has 2 aromatic heterocycles. The maximum Gasteiger partial charge on any atom is 0.271 e. The number of aromatic nitrogens is 4. The van der Waals surface area contributed by atoms with Crippen LogP contribution in [0.25, 0.3) is 0 Å². The number of hydrogen-bond donors (Lipinski definition) is 1. The van der Waals surface area contributed by atoms with Crippen LogP contribution in [0.1, 0.15) is 23.3 Å². The molecule has 7 heteroatoms. The second kappa shape index (κ2) is 5.77. The van der Waals surface area contributed by atoms with Crippen LogP contribution in [0.15, 0.2) is 24.8 Å². The number of ether oxygens (including phenoxy) is 1. The summed E-state index contributed by atoms with van der Waals surface area (Å²) in [6.45, 7) is 2.95. The Bertz CT molecular complexity index is 552. The average molecular weight is 275 g/mol. The first-order valence-corrected chi connectivity index (χ1v) is 6.77. The summed E-state index contributed by atoms with van der Waals surface area (Å²) in [6, 6.07) is 1.70. The van der Waals surface area contributed by atoms with Gasteiger partial charge in [-0.2, -0.15) is 5.10 Å². The van der Waals surface area contributed by atoms with Crippen molar-refractivity contribution in [3.8, 4) is 5.88 Å². The third-order valence-corrected chi connectivity index (χ3v) is 3.18. The molecule has 7 nitrogen and oxygen atoms in total. The SMILES string of the molecule is O=C(NCCCn1ccnc1)c1cc2n(n1)CCCO2. The van der Waals surface area contributed by atoms with Crippen molar-refractivity contribution in [1.29, 1.82) is 0 Å². The first-order chi connectivity index (χ1) is 9.83. The fraction of sp³-hybridized carbons (Fsp3) is 0.462. The Morgan fingerprint density at radius 3 is 3.25 bits per heavy atom. The summed E-state index contributed by atoms with van der Waals surface area (Å²) < 4.78 is 9.16. The van der Waals surface area contributed by atoms with Gasteiger partial charge in [0.25, 0.3) is 5.91 Å². The molecule has 0 bridgehead atoms. The summed E-state index contributed by atoms with van der Waals surface area (Å²) in [4.78, 5) is 15.9. The average Bonchev–Trinajstić information content (AvgIpc) is 3.12. The number of rotatable bonds is 5. The minimum atomic E-state index is -0.152. The Morgan fingerprint density at radius 1 is 1.50 bits per heavy atom. The van der Waals surface area contributed by atoms with E-state index >= 15 is 0 Å². The van der Waals surface area contributed by atoms with Crippen molar-refractivity contribution in [1.82, 2.24) is 24.6 Å². The summed E-state index contributed by atoms with van der Waals surface area (Å²) in [5, 5.41) is 7.11. The van der Waals surface area contributed by atoms with Crippen molar-refractivity contribution in [3.05, 3.63) is 30.5 Å². The minimum Gasteiger partial charge on any atom is -0.478 e. The van der Waals surface area contributed by atoms with E-state index in [2.05, 4.69) is 15.4 Å². The molecule has 0 atom stereocenters. The zero-order chi connectivity index (χ0) is 13.8. The summed E-state index contributed by atoms with van der Waals surface area (Å²) in [5.74, 6) is 0.529. The summed E-state index contributed by atoms with van der Waals surface area (Å²) >= 11 is 0. The van der Waals surface area contributed by atoms with E-state index < -0.39 is 0 Å². The van der Waals surface area contributed by atoms with E-state index in [1.165, 1.54) is 0 Å². The number of aryl methyl sites for hydroxylation is 2. The van der Waals surface area contributed by atoms with Crippen LogP contribution in [0.2, 0.25) is 0 Å². The van der Waals surface area contributed by atoms with E-state index in [1.54, 1.807) is 23.3 Å². The normalized spacial score (nSPS) is 13.6. The molecule has 2 aromatic rings. The van der Waals surface area contributed by atoms with Gasteiger partial charge in [0.05, 0.1) is 12.9 Å². The molecule has 0 saturated heterocycles. The highest BCUT2D eigenvalue weighted by atomic mass is 16.5. The van der Waals surface area contributed by atoms with Crippen LogP contribution in [0.3, 0.4) is 0 Å². The summed E-state index contributed by atoms with van der Waals surface area (Å²) in [5.41, 5.74) is 0.421. The zero-order valence-electron chi connectivity index (χ0n) is 11.2. The number of fused-ring (bicyclic) bond motifs is 1. The number of amides is 1. The number of imidazole rings is 1. The molecule has 3 heterocycles. The van der Waals surface area contributed by atoms with Crippen LogP contribution in [0.4, 0.5) is 0 Å². The first-order valence-electron chi connectivity index (χ1n) is 6.77. The molecule has 1 amide bonds. The van der Waals surface area contributed by atoms with Gasteiger partial charge in [0, 0.05) is 44.5 Å². The Kier molecular flexibility index (Phi) is 3.67. The van der Waals surface area contributed by atoms with Gasteiger partial charge in [0.2, 0.25) is 5.88 Å². The summed E-state index contributed by atoms with van der Waals surface area (Å²) in [6.07, 6.45) is 7.20. The zero-order valence-corrected chi connectivity index (χ0v) is 11.2. The van der Waals surface area contributed by atoms with Crippen LogP contribution < -0.4 is 10.1 Å². The maximum absolute atomic E-state index is 12.0. The number of carbonyl (C=O) groups excluding carboxylic acids is 1. The van der Waals surface area contributed by atoms with E-state index in [0.717, 1.165) is 25.9 Å². The number of hydrogen-bond acceptors (Lipinski definition) is 4. The third-order valence-electron chi connectivity index (χ3n) is 3.18. The topological polar surface area (TPSA) is 74.0 Å². The highest BCUT2D eigenvalue weighted by molar-refractivity contribution is 5.92. The van der Waals surface area contributed by atoms with E-state index in [-0.39, 0.29) is 5.91 Å². The van der Waals surface area contributed by atoms with Gasteiger partial charge < -0.3 is 14.6 Å². The predicted molar refractivity (Wildman–Crippen MR) is 71.5 cm³/mol. The van der Waals surface area contributed by atoms with Gasteiger partial charge in [-0.1, -0.05) is 0 Å². The van der Waals surface area contributed by atoms with Gasteiger partial charge in [-0.3, -0.25) is 4.79 Å². The molecule has 1 aliphatic rings. The van der Waals surface area contributed by atoms with Crippen molar-refractivity contribution < 1.29 is 9.53 Å². The van der Waals surface area contributed by atoms with Gasteiger partial charge >= 0.3 is 0 Å². The van der Waals surface area contributed by atoms with Crippen molar-refractivity contribution >= 4 is 5.91 Å². The molecule has 0 radical (unpaired) electrons. The Hall–Kier alpha value is -2.31. The largest absolute Gasteiger partial charge is 0.478 e. The van der Waals surface area contributed by atoms with Crippen molar-refractivity contribution in [2.24, 2.45) is 0 Å². The standard InChI is InChI=1S/C13H17N5O2/c19-13(15-3-1-5-17-7-4-14-10-17)11-9-12-18(16-11)6-2-8-20-12/h4,7,9-10H,1-3,5-6,8H2,(H,15,19). The molecular formula is C13H17N5O2. The highest BCUT2D eigenvalue weighted by Crippen LogP contribution is 2.18. The molecule has 0 aliphatic carbocycles. The van der Waals surface area contributed by atoms with Gasteiger partial charge in [0.1, 0.15) is 0 Å². The van der Waals surface area contributed by atoms with Crippen LogP contribution in [-0.4, -0.2) is 38.4 Å². The quantitative estimate of drug-likeness (QED) is 0.814. The molecule has 0 saturated carbocycles. The number of carbonyl (C=O) groups is 1. The molecule has 0 unspecified atom stereocenters. The first kappa shape index (κ1) is 12.7.